The van der Waals surface area contributed by atoms with Gasteiger partial charge < -0.3 is 51.6 Å². The van der Waals surface area contributed by atoms with Crippen LogP contribution in [0.3, 0.4) is 0 Å². The molecular formula is C19H32N4O11. The summed E-state index contributed by atoms with van der Waals surface area (Å²) in [5.41, 5.74) is 5.16. The van der Waals surface area contributed by atoms with Crippen molar-refractivity contribution in [1.29, 1.82) is 0 Å². The molecule has 0 aliphatic carbocycles. The summed E-state index contributed by atoms with van der Waals surface area (Å²) in [6, 6.07) is -3.71. The molecule has 194 valence electrons. The number of carbonyl (C=O) groups excluding carboxylic acids is 4. The van der Waals surface area contributed by atoms with E-state index in [0.717, 1.165) is 6.92 Å². The summed E-state index contributed by atoms with van der Waals surface area (Å²) in [5.74, 6) is -4.34. The highest BCUT2D eigenvalue weighted by molar-refractivity contribution is 5.92. The first-order valence-corrected chi connectivity index (χ1v) is 10.4. The van der Waals surface area contributed by atoms with Crippen molar-refractivity contribution >= 4 is 29.6 Å². The Bertz CT molecular complexity index is 765. The zero-order valence-corrected chi connectivity index (χ0v) is 19.0. The van der Waals surface area contributed by atoms with Crippen LogP contribution < -0.4 is 21.7 Å². The van der Waals surface area contributed by atoms with Gasteiger partial charge in [-0.05, 0) is 20.3 Å². The summed E-state index contributed by atoms with van der Waals surface area (Å²) in [4.78, 5) is 58.4. The van der Waals surface area contributed by atoms with Crippen LogP contribution in [0.1, 0.15) is 33.6 Å². The normalized spacial score (nSPS) is 27.1. The molecule has 0 aromatic rings. The molecule has 9 N–H and O–H groups in total. The molecule has 1 aliphatic heterocycles. The van der Waals surface area contributed by atoms with Gasteiger partial charge in [-0.3, -0.25) is 24.0 Å². The Morgan fingerprint density at radius 2 is 1.71 bits per heavy atom. The Morgan fingerprint density at radius 1 is 1.09 bits per heavy atom. The van der Waals surface area contributed by atoms with E-state index in [2.05, 4.69) is 16.0 Å². The van der Waals surface area contributed by atoms with Crippen molar-refractivity contribution < 1.29 is 53.9 Å². The first kappa shape index (κ1) is 29.2. The van der Waals surface area contributed by atoms with Gasteiger partial charge in [0.25, 0.3) is 0 Å². The zero-order valence-electron chi connectivity index (χ0n) is 19.0. The maximum atomic E-state index is 12.5. The number of hydrogen-bond acceptors (Lipinski definition) is 10. The molecule has 34 heavy (non-hydrogen) atoms. The second-order valence-electron chi connectivity index (χ2n) is 7.83. The van der Waals surface area contributed by atoms with Crippen LogP contribution in [0, 0.1) is 0 Å². The van der Waals surface area contributed by atoms with Crippen molar-refractivity contribution in [2.24, 2.45) is 5.73 Å². The fourth-order valence-electron chi connectivity index (χ4n) is 3.18. The Kier molecular flexibility index (Phi) is 11.3. The van der Waals surface area contributed by atoms with Gasteiger partial charge in [-0.15, -0.1) is 0 Å². The smallest absolute Gasteiger partial charge is 0.303 e. The third kappa shape index (κ3) is 8.49. The van der Waals surface area contributed by atoms with E-state index in [1.807, 2.05) is 0 Å². The lowest BCUT2D eigenvalue weighted by Gasteiger charge is -2.43. The molecule has 1 heterocycles. The minimum Gasteiger partial charge on any atom is -0.481 e. The molecule has 0 saturated carbocycles. The summed E-state index contributed by atoms with van der Waals surface area (Å²) >= 11 is 0. The molecule has 0 aromatic heterocycles. The van der Waals surface area contributed by atoms with Crippen molar-refractivity contribution in [3.63, 3.8) is 0 Å². The van der Waals surface area contributed by atoms with Crippen molar-refractivity contribution in [3.8, 4) is 0 Å². The minimum absolute atomic E-state index is 0.239. The molecule has 15 nitrogen and oxygen atoms in total. The molecular weight excluding hydrogens is 460 g/mol. The number of rotatable bonds is 12. The maximum absolute atomic E-state index is 12.5. The van der Waals surface area contributed by atoms with Crippen LogP contribution in [-0.4, -0.2) is 105 Å². The zero-order chi connectivity index (χ0) is 26.2. The number of amides is 4. The van der Waals surface area contributed by atoms with Crippen LogP contribution in [0.25, 0.3) is 0 Å². The highest BCUT2D eigenvalue weighted by atomic mass is 16.6. The molecule has 1 saturated heterocycles. The molecule has 8 atom stereocenters. The molecule has 1 rings (SSSR count). The van der Waals surface area contributed by atoms with Gasteiger partial charge in [-0.25, -0.2) is 0 Å². The van der Waals surface area contributed by atoms with Crippen LogP contribution in [-0.2, 0) is 33.4 Å². The number of ether oxygens (including phenoxy) is 2. The highest BCUT2D eigenvalue weighted by Gasteiger charge is 2.47. The molecule has 15 heteroatoms. The van der Waals surface area contributed by atoms with Gasteiger partial charge in [0.15, 0.2) is 6.29 Å². The number of aliphatic carboxylic acids is 1. The number of nitrogens with one attached hydrogen (secondary N) is 3. The Balaban J connectivity index is 2.80. The number of aliphatic hydroxyl groups is 3. The van der Waals surface area contributed by atoms with E-state index in [9.17, 15) is 39.3 Å². The SMILES string of the molecule is CC(=O)NC1C(O[C@@H](C)C(=O)N[C@@H](C)C(=O)N[C@@H](CCC(=O)O)C(N)=O)[C@H](O)C(CO)O[C@@H]1O. The van der Waals surface area contributed by atoms with Crippen LogP contribution in [0.5, 0.6) is 0 Å². The van der Waals surface area contributed by atoms with E-state index in [0.29, 0.717) is 0 Å². The number of carboxylic acids is 1. The van der Waals surface area contributed by atoms with E-state index >= 15 is 0 Å². The largest absolute Gasteiger partial charge is 0.481 e. The average molecular weight is 492 g/mol. The second-order valence-corrected chi connectivity index (χ2v) is 7.83. The lowest BCUT2D eigenvalue weighted by Crippen LogP contribution is -2.65. The highest BCUT2D eigenvalue weighted by Crippen LogP contribution is 2.23. The average Bonchev–Trinajstić information content (AvgIpc) is 2.74. The van der Waals surface area contributed by atoms with E-state index in [-0.39, 0.29) is 6.42 Å². The van der Waals surface area contributed by atoms with Crippen LogP contribution in [0.2, 0.25) is 0 Å². The van der Waals surface area contributed by atoms with Gasteiger partial charge in [0, 0.05) is 13.3 Å². The Morgan fingerprint density at radius 3 is 2.21 bits per heavy atom. The summed E-state index contributed by atoms with van der Waals surface area (Å²) < 4.78 is 10.6. The van der Waals surface area contributed by atoms with Crippen molar-refractivity contribution in [2.45, 2.75) is 82.4 Å². The molecule has 0 bridgehead atoms. The third-order valence-electron chi connectivity index (χ3n) is 5.03. The Hall–Kier alpha value is -2.85. The van der Waals surface area contributed by atoms with E-state index in [4.69, 9.17) is 20.3 Å². The van der Waals surface area contributed by atoms with Crippen molar-refractivity contribution in [1.82, 2.24) is 16.0 Å². The molecule has 0 aromatic carbocycles. The van der Waals surface area contributed by atoms with Gasteiger partial charge in [0.1, 0.15) is 42.5 Å². The van der Waals surface area contributed by atoms with E-state index < -0.39 is 91.5 Å². The van der Waals surface area contributed by atoms with Crippen LogP contribution in [0.15, 0.2) is 0 Å². The second kappa shape index (κ2) is 13.1. The van der Waals surface area contributed by atoms with Gasteiger partial charge in [0.05, 0.1) is 6.61 Å². The topological polar surface area (TPSA) is 247 Å². The van der Waals surface area contributed by atoms with Gasteiger partial charge in [0.2, 0.25) is 23.6 Å². The van der Waals surface area contributed by atoms with E-state index in [1.54, 1.807) is 0 Å². The molecule has 1 aliphatic rings. The number of carbonyl (C=O) groups is 5. The van der Waals surface area contributed by atoms with Gasteiger partial charge >= 0.3 is 5.97 Å². The predicted octanol–water partition coefficient (Wildman–Crippen LogP) is -4.33. The molecule has 0 radical (unpaired) electrons. The molecule has 4 amide bonds. The summed E-state index contributed by atoms with van der Waals surface area (Å²) in [6.07, 6.45) is -7.74. The van der Waals surface area contributed by atoms with Crippen LogP contribution >= 0.6 is 0 Å². The van der Waals surface area contributed by atoms with Crippen molar-refractivity contribution in [3.05, 3.63) is 0 Å². The summed E-state index contributed by atoms with van der Waals surface area (Å²) in [6.45, 7) is 3.06. The first-order chi connectivity index (χ1) is 15.8. The summed E-state index contributed by atoms with van der Waals surface area (Å²) in [7, 11) is 0. The number of primary amides is 1. The minimum atomic E-state index is -1.65. The van der Waals surface area contributed by atoms with E-state index in [1.165, 1.54) is 13.8 Å². The fourth-order valence-corrected chi connectivity index (χ4v) is 3.18. The maximum Gasteiger partial charge on any atom is 0.303 e. The number of aliphatic hydroxyl groups excluding tert-OH is 3. The Labute approximate surface area is 195 Å². The van der Waals surface area contributed by atoms with Crippen LogP contribution in [0.4, 0.5) is 0 Å². The van der Waals surface area contributed by atoms with Crippen molar-refractivity contribution in [2.75, 3.05) is 6.61 Å². The predicted molar refractivity (Wildman–Crippen MR) is 112 cm³/mol. The lowest BCUT2D eigenvalue weighted by atomic mass is 9.96. The molecule has 0 spiro atoms. The third-order valence-corrected chi connectivity index (χ3v) is 5.03. The quantitative estimate of drug-likeness (QED) is 0.129. The fraction of sp³-hybridized carbons (Fsp3) is 0.737. The monoisotopic (exact) mass is 492 g/mol. The standard InChI is InChI=1S/C19H32N4O11/c1-7(17(30)23-10(16(20)29)4-5-12(26)27)21-18(31)8(2)33-15-13(22-9(3)25)19(32)34-11(6-24)14(15)28/h7-8,10-11,13-15,19,24,28,32H,4-6H2,1-3H3,(H2,20,29)(H,21,31)(H,22,25)(H,23,30)(H,26,27)/t7-,8-,10-,11?,13?,14+,15?,19-/m0/s1. The molecule has 1 fully saturated rings. The lowest BCUT2D eigenvalue weighted by molar-refractivity contribution is -0.266. The first-order valence-electron chi connectivity index (χ1n) is 10.4. The summed E-state index contributed by atoms with van der Waals surface area (Å²) in [5, 5.41) is 45.5. The number of nitrogens with two attached hydrogens (primary N) is 1. The molecule has 3 unspecified atom stereocenters. The number of hydrogen-bond donors (Lipinski definition) is 8. The van der Waals surface area contributed by atoms with Gasteiger partial charge in [-0.1, -0.05) is 0 Å². The number of carboxylic acid groups (broad SMARTS) is 1. The van der Waals surface area contributed by atoms with Gasteiger partial charge in [-0.2, -0.15) is 0 Å².